The minimum atomic E-state index is -3.36. The van der Waals surface area contributed by atoms with Crippen molar-refractivity contribution < 1.29 is 17.9 Å². The second-order valence-corrected chi connectivity index (χ2v) is 7.72. The molecule has 1 aliphatic rings. The number of carbonyl (C=O) groups is 1. The SMILES string of the molecule is CCCC(=O)NCCS(=O)(=O)N1CCc2cc(OC)ccc2C1. The number of nitrogens with zero attached hydrogens (tertiary/aromatic N) is 1. The Hall–Kier alpha value is -1.60. The van der Waals surface area contributed by atoms with Crippen molar-refractivity contribution in [2.24, 2.45) is 0 Å². The normalized spacial score (nSPS) is 15.0. The topological polar surface area (TPSA) is 75.7 Å². The number of methoxy groups -OCH3 is 1. The van der Waals surface area contributed by atoms with Crippen molar-refractivity contribution in [2.75, 3.05) is 26.0 Å². The van der Waals surface area contributed by atoms with Crippen LogP contribution >= 0.6 is 0 Å². The molecule has 0 saturated carbocycles. The van der Waals surface area contributed by atoms with Crippen LogP contribution in [-0.2, 0) is 27.8 Å². The van der Waals surface area contributed by atoms with E-state index >= 15 is 0 Å². The lowest BCUT2D eigenvalue weighted by Crippen LogP contribution is -2.40. The van der Waals surface area contributed by atoms with Gasteiger partial charge in [-0.15, -0.1) is 0 Å². The maximum absolute atomic E-state index is 12.4. The number of hydrogen-bond acceptors (Lipinski definition) is 4. The van der Waals surface area contributed by atoms with Gasteiger partial charge in [-0.25, -0.2) is 8.42 Å². The fourth-order valence-corrected chi connectivity index (χ4v) is 3.96. The van der Waals surface area contributed by atoms with Gasteiger partial charge < -0.3 is 10.1 Å². The van der Waals surface area contributed by atoms with E-state index in [4.69, 9.17) is 4.74 Å². The Morgan fingerprint density at radius 1 is 1.35 bits per heavy atom. The van der Waals surface area contributed by atoms with Gasteiger partial charge in [0.25, 0.3) is 0 Å². The van der Waals surface area contributed by atoms with Crippen LogP contribution in [0.3, 0.4) is 0 Å². The van der Waals surface area contributed by atoms with E-state index in [1.165, 1.54) is 4.31 Å². The summed E-state index contributed by atoms with van der Waals surface area (Å²) < 4.78 is 31.5. The summed E-state index contributed by atoms with van der Waals surface area (Å²) in [7, 11) is -1.75. The van der Waals surface area contributed by atoms with Crippen molar-refractivity contribution in [3.05, 3.63) is 29.3 Å². The van der Waals surface area contributed by atoms with Crippen LogP contribution in [0.15, 0.2) is 18.2 Å². The maximum Gasteiger partial charge on any atom is 0.220 e. The van der Waals surface area contributed by atoms with E-state index in [2.05, 4.69) is 5.32 Å². The molecule has 0 fully saturated rings. The van der Waals surface area contributed by atoms with Crippen molar-refractivity contribution in [3.8, 4) is 5.75 Å². The van der Waals surface area contributed by atoms with Crippen molar-refractivity contribution in [3.63, 3.8) is 0 Å². The Labute approximate surface area is 137 Å². The summed E-state index contributed by atoms with van der Waals surface area (Å²) in [6.45, 7) is 2.92. The molecule has 0 aromatic heterocycles. The number of carbonyl (C=O) groups excluding carboxylic acids is 1. The van der Waals surface area contributed by atoms with E-state index in [0.717, 1.165) is 23.3 Å². The molecule has 7 heteroatoms. The molecule has 0 atom stereocenters. The molecule has 0 aliphatic carbocycles. The predicted octanol–water partition coefficient (Wildman–Crippen LogP) is 1.30. The van der Waals surface area contributed by atoms with Crippen LogP contribution in [0.1, 0.15) is 30.9 Å². The van der Waals surface area contributed by atoms with Crippen LogP contribution in [-0.4, -0.2) is 44.6 Å². The first kappa shape index (κ1) is 17.7. The van der Waals surface area contributed by atoms with Crippen LogP contribution in [0, 0.1) is 0 Å². The number of hydrogen-bond donors (Lipinski definition) is 1. The molecule has 0 unspecified atom stereocenters. The monoisotopic (exact) mass is 340 g/mol. The van der Waals surface area contributed by atoms with Crippen LogP contribution < -0.4 is 10.1 Å². The molecule has 1 aliphatic heterocycles. The Morgan fingerprint density at radius 2 is 2.13 bits per heavy atom. The van der Waals surface area contributed by atoms with E-state index in [-0.39, 0.29) is 18.2 Å². The molecule has 2 rings (SSSR count). The van der Waals surface area contributed by atoms with E-state index in [1.54, 1.807) is 7.11 Å². The lowest BCUT2D eigenvalue weighted by molar-refractivity contribution is -0.120. The Balaban J connectivity index is 1.95. The molecular weight excluding hydrogens is 316 g/mol. The zero-order chi connectivity index (χ0) is 16.9. The molecule has 1 aromatic carbocycles. The van der Waals surface area contributed by atoms with Gasteiger partial charge in [-0.2, -0.15) is 4.31 Å². The zero-order valence-electron chi connectivity index (χ0n) is 13.7. The number of sulfonamides is 1. The average molecular weight is 340 g/mol. The third-order valence-electron chi connectivity index (χ3n) is 3.94. The summed E-state index contributed by atoms with van der Waals surface area (Å²) in [5.74, 6) is 0.631. The van der Waals surface area contributed by atoms with Gasteiger partial charge in [0.05, 0.1) is 12.9 Å². The molecule has 1 heterocycles. The van der Waals surface area contributed by atoms with E-state index in [0.29, 0.717) is 25.9 Å². The number of benzene rings is 1. The standard InChI is InChI=1S/C16H24N2O4S/c1-3-4-16(19)17-8-10-23(20,21)18-9-7-13-11-15(22-2)6-5-14(13)12-18/h5-6,11H,3-4,7-10,12H2,1-2H3,(H,17,19). The zero-order valence-corrected chi connectivity index (χ0v) is 14.5. The molecule has 0 spiro atoms. The predicted molar refractivity (Wildman–Crippen MR) is 88.8 cm³/mol. The number of amides is 1. The van der Waals surface area contributed by atoms with Gasteiger partial charge in [0.1, 0.15) is 5.75 Å². The molecule has 128 valence electrons. The molecule has 0 bridgehead atoms. The van der Waals surface area contributed by atoms with Gasteiger partial charge in [0, 0.05) is 26.1 Å². The first-order chi connectivity index (χ1) is 11.0. The van der Waals surface area contributed by atoms with E-state index in [1.807, 2.05) is 25.1 Å². The van der Waals surface area contributed by atoms with Gasteiger partial charge in [-0.3, -0.25) is 4.79 Å². The molecule has 1 N–H and O–H groups in total. The fraction of sp³-hybridized carbons (Fsp3) is 0.562. The summed E-state index contributed by atoms with van der Waals surface area (Å²) in [5, 5.41) is 2.65. The lowest BCUT2D eigenvalue weighted by Gasteiger charge is -2.28. The van der Waals surface area contributed by atoms with E-state index < -0.39 is 10.0 Å². The van der Waals surface area contributed by atoms with E-state index in [9.17, 15) is 13.2 Å². The number of rotatable bonds is 7. The molecule has 6 nitrogen and oxygen atoms in total. The quantitative estimate of drug-likeness (QED) is 0.812. The summed E-state index contributed by atoms with van der Waals surface area (Å²) in [6.07, 6.45) is 1.86. The first-order valence-electron chi connectivity index (χ1n) is 7.86. The van der Waals surface area contributed by atoms with Crippen LogP contribution in [0.5, 0.6) is 5.75 Å². The Bertz CT molecular complexity index is 658. The molecule has 0 radical (unpaired) electrons. The average Bonchev–Trinajstić information content (AvgIpc) is 2.53. The van der Waals surface area contributed by atoms with Gasteiger partial charge in [0.2, 0.25) is 15.9 Å². The van der Waals surface area contributed by atoms with Gasteiger partial charge >= 0.3 is 0 Å². The van der Waals surface area contributed by atoms with Crippen molar-refractivity contribution in [1.29, 1.82) is 0 Å². The summed E-state index contributed by atoms with van der Waals surface area (Å²) in [6, 6.07) is 5.73. The highest BCUT2D eigenvalue weighted by Gasteiger charge is 2.26. The summed E-state index contributed by atoms with van der Waals surface area (Å²) in [5.41, 5.74) is 2.14. The lowest BCUT2D eigenvalue weighted by atomic mass is 10.0. The second kappa shape index (κ2) is 7.79. The Kier molecular flexibility index (Phi) is 6.01. The number of fused-ring (bicyclic) bond motifs is 1. The number of ether oxygens (including phenoxy) is 1. The first-order valence-corrected chi connectivity index (χ1v) is 9.47. The van der Waals surface area contributed by atoms with Gasteiger partial charge in [0.15, 0.2) is 0 Å². The third kappa shape index (κ3) is 4.68. The highest BCUT2D eigenvalue weighted by Crippen LogP contribution is 2.25. The van der Waals surface area contributed by atoms with Crippen LogP contribution in [0.2, 0.25) is 0 Å². The van der Waals surface area contributed by atoms with Crippen LogP contribution in [0.25, 0.3) is 0 Å². The highest BCUT2D eigenvalue weighted by atomic mass is 32.2. The number of nitrogens with one attached hydrogen (secondary N) is 1. The molecule has 1 aromatic rings. The fourth-order valence-electron chi connectivity index (χ4n) is 2.63. The van der Waals surface area contributed by atoms with Crippen molar-refractivity contribution in [2.45, 2.75) is 32.7 Å². The third-order valence-corrected chi connectivity index (χ3v) is 5.76. The van der Waals surface area contributed by atoms with Crippen LogP contribution in [0.4, 0.5) is 0 Å². The second-order valence-electron chi connectivity index (χ2n) is 5.63. The summed E-state index contributed by atoms with van der Waals surface area (Å²) in [4.78, 5) is 11.4. The largest absolute Gasteiger partial charge is 0.497 e. The van der Waals surface area contributed by atoms with Gasteiger partial charge in [-0.1, -0.05) is 13.0 Å². The molecule has 1 amide bonds. The molecule has 0 saturated heterocycles. The minimum Gasteiger partial charge on any atom is -0.497 e. The van der Waals surface area contributed by atoms with Crippen molar-refractivity contribution in [1.82, 2.24) is 9.62 Å². The molecular formula is C16H24N2O4S. The van der Waals surface area contributed by atoms with Crippen molar-refractivity contribution >= 4 is 15.9 Å². The molecule has 23 heavy (non-hydrogen) atoms. The maximum atomic E-state index is 12.4. The minimum absolute atomic E-state index is 0.0616. The smallest absolute Gasteiger partial charge is 0.220 e. The van der Waals surface area contributed by atoms with Gasteiger partial charge in [-0.05, 0) is 36.1 Å². The highest BCUT2D eigenvalue weighted by molar-refractivity contribution is 7.89. The summed E-state index contributed by atoms with van der Waals surface area (Å²) >= 11 is 0. The Morgan fingerprint density at radius 3 is 2.83 bits per heavy atom.